The number of likely N-dealkylation sites (tertiary alicyclic amines) is 1. The fourth-order valence-electron chi connectivity index (χ4n) is 2.60. The molecule has 0 saturated carbocycles. The van der Waals surface area contributed by atoms with Gasteiger partial charge in [-0.05, 0) is 33.6 Å². The molecule has 1 aliphatic rings. The highest BCUT2D eigenvalue weighted by molar-refractivity contribution is 6.17. The van der Waals surface area contributed by atoms with Crippen molar-refractivity contribution in [2.24, 2.45) is 0 Å². The smallest absolute Gasteiger partial charge is 0.411 e. The molecule has 7 heteroatoms. The van der Waals surface area contributed by atoms with E-state index in [0.717, 1.165) is 0 Å². The van der Waals surface area contributed by atoms with E-state index in [2.05, 4.69) is 0 Å². The van der Waals surface area contributed by atoms with Crippen LogP contribution in [-0.2, 0) is 14.3 Å². The van der Waals surface area contributed by atoms with Gasteiger partial charge < -0.3 is 14.6 Å². The number of amides is 1. The summed E-state index contributed by atoms with van der Waals surface area (Å²) in [6, 6.07) is 0. The van der Waals surface area contributed by atoms with Crippen LogP contribution in [0.25, 0.3) is 0 Å². The van der Waals surface area contributed by atoms with Crippen LogP contribution in [-0.4, -0.2) is 58.8 Å². The number of halogens is 1. The van der Waals surface area contributed by atoms with Crippen molar-refractivity contribution in [2.75, 3.05) is 19.5 Å². The van der Waals surface area contributed by atoms with E-state index in [-0.39, 0.29) is 13.0 Å². The molecule has 0 aromatic rings. The first-order valence-electron chi connectivity index (χ1n) is 6.99. The number of esters is 1. The van der Waals surface area contributed by atoms with Crippen LogP contribution in [0.3, 0.4) is 0 Å². The standard InChI is InChI=1S/C14H24ClNO5/c1-13(2,3)21-12(19)16-9-10(17)8-14(16,6-5-7-15)11(18)20-4/h10,17H,5-9H2,1-4H3/t10-,14-/m1/s1. The molecule has 1 heterocycles. The Morgan fingerprint density at radius 2 is 2.05 bits per heavy atom. The second kappa shape index (κ2) is 6.83. The van der Waals surface area contributed by atoms with E-state index in [0.29, 0.717) is 18.7 Å². The van der Waals surface area contributed by atoms with E-state index in [1.807, 2.05) is 0 Å². The minimum atomic E-state index is -1.20. The first-order chi connectivity index (χ1) is 9.66. The topological polar surface area (TPSA) is 76.1 Å². The number of rotatable bonds is 4. The second-order valence-electron chi connectivity index (χ2n) is 6.26. The van der Waals surface area contributed by atoms with Crippen LogP contribution in [0.4, 0.5) is 4.79 Å². The Morgan fingerprint density at radius 1 is 1.43 bits per heavy atom. The zero-order valence-electron chi connectivity index (χ0n) is 13.0. The fourth-order valence-corrected chi connectivity index (χ4v) is 2.73. The molecule has 0 spiro atoms. The molecule has 1 amide bonds. The van der Waals surface area contributed by atoms with Crippen molar-refractivity contribution >= 4 is 23.7 Å². The van der Waals surface area contributed by atoms with Crippen molar-refractivity contribution < 1.29 is 24.2 Å². The average Bonchev–Trinajstić information content (AvgIpc) is 2.71. The lowest BCUT2D eigenvalue weighted by Crippen LogP contribution is -2.54. The number of carbonyl (C=O) groups excluding carboxylic acids is 2. The summed E-state index contributed by atoms with van der Waals surface area (Å²) >= 11 is 5.71. The molecule has 1 saturated heterocycles. The number of carbonyl (C=O) groups is 2. The highest BCUT2D eigenvalue weighted by Gasteiger charge is 2.54. The van der Waals surface area contributed by atoms with Gasteiger partial charge in [0.05, 0.1) is 19.8 Å². The van der Waals surface area contributed by atoms with E-state index in [1.54, 1.807) is 20.8 Å². The van der Waals surface area contributed by atoms with Gasteiger partial charge in [0.15, 0.2) is 0 Å². The van der Waals surface area contributed by atoms with Gasteiger partial charge in [-0.2, -0.15) is 0 Å². The van der Waals surface area contributed by atoms with Crippen LogP contribution in [0.2, 0.25) is 0 Å². The number of methoxy groups -OCH3 is 1. The third-order valence-electron chi connectivity index (χ3n) is 3.39. The van der Waals surface area contributed by atoms with Gasteiger partial charge in [0.2, 0.25) is 0 Å². The monoisotopic (exact) mass is 321 g/mol. The molecule has 1 rings (SSSR count). The van der Waals surface area contributed by atoms with E-state index in [4.69, 9.17) is 21.1 Å². The Bertz CT molecular complexity index is 395. The highest BCUT2D eigenvalue weighted by Crippen LogP contribution is 2.36. The number of aliphatic hydroxyl groups excluding tert-OH is 1. The van der Waals surface area contributed by atoms with Gasteiger partial charge in [0.25, 0.3) is 0 Å². The Kier molecular flexibility index (Phi) is 5.87. The van der Waals surface area contributed by atoms with Crippen LogP contribution in [0.1, 0.15) is 40.0 Å². The average molecular weight is 322 g/mol. The summed E-state index contributed by atoms with van der Waals surface area (Å²) in [6.45, 7) is 5.29. The van der Waals surface area contributed by atoms with Crippen LogP contribution < -0.4 is 0 Å². The molecule has 21 heavy (non-hydrogen) atoms. The van der Waals surface area contributed by atoms with Crippen molar-refractivity contribution in [1.29, 1.82) is 0 Å². The van der Waals surface area contributed by atoms with Crippen LogP contribution in [0, 0.1) is 0 Å². The lowest BCUT2D eigenvalue weighted by atomic mass is 9.90. The Hall–Kier alpha value is -1.01. The van der Waals surface area contributed by atoms with Gasteiger partial charge in [0, 0.05) is 12.3 Å². The van der Waals surface area contributed by atoms with Gasteiger partial charge >= 0.3 is 12.1 Å². The number of aliphatic hydroxyl groups is 1. The number of β-amino-alcohol motifs (C(OH)–C–C–N with tert-alkyl or cyclic N) is 1. The third kappa shape index (κ3) is 4.23. The van der Waals surface area contributed by atoms with E-state index >= 15 is 0 Å². The molecule has 2 atom stereocenters. The van der Waals surface area contributed by atoms with Crippen molar-refractivity contribution in [1.82, 2.24) is 4.90 Å². The maximum atomic E-state index is 12.4. The predicted molar refractivity (Wildman–Crippen MR) is 78.3 cm³/mol. The van der Waals surface area contributed by atoms with Gasteiger partial charge in [-0.15, -0.1) is 11.6 Å². The molecular formula is C14H24ClNO5. The molecule has 0 aromatic heterocycles. The Morgan fingerprint density at radius 3 is 2.52 bits per heavy atom. The minimum absolute atomic E-state index is 0.0479. The number of ether oxygens (including phenoxy) is 2. The third-order valence-corrected chi connectivity index (χ3v) is 3.65. The first-order valence-corrected chi connectivity index (χ1v) is 7.53. The lowest BCUT2D eigenvalue weighted by Gasteiger charge is -2.36. The molecule has 0 aromatic carbocycles. The largest absolute Gasteiger partial charge is 0.467 e. The molecule has 122 valence electrons. The number of hydrogen-bond acceptors (Lipinski definition) is 5. The maximum Gasteiger partial charge on any atom is 0.411 e. The zero-order valence-corrected chi connectivity index (χ0v) is 13.8. The Labute approximate surface area is 130 Å². The molecule has 1 N–H and O–H groups in total. The van der Waals surface area contributed by atoms with Crippen LogP contribution in [0.5, 0.6) is 0 Å². The van der Waals surface area contributed by atoms with E-state index in [1.165, 1.54) is 12.0 Å². The fraction of sp³-hybridized carbons (Fsp3) is 0.857. The summed E-state index contributed by atoms with van der Waals surface area (Å²) in [5.74, 6) is -0.188. The van der Waals surface area contributed by atoms with Crippen LogP contribution in [0.15, 0.2) is 0 Å². The highest BCUT2D eigenvalue weighted by atomic mass is 35.5. The van der Waals surface area contributed by atoms with Crippen molar-refractivity contribution in [3.63, 3.8) is 0 Å². The molecular weight excluding hydrogens is 298 g/mol. The van der Waals surface area contributed by atoms with Crippen LogP contribution >= 0.6 is 11.6 Å². The second-order valence-corrected chi connectivity index (χ2v) is 6.64. The summed E-state index contributed by atoms with van der Waals surface area (Å²) < 4.78 is 10.2. The normalized spacial score (nSPS) is 25.8. The summed E-state index contributed by atoms with van der Waals surface area (Å²) in [5, 5.41) is 9.94. The quantitative estimate of drug-likeness (QED) is 0.632. The zero-order chi connectivity index (χ0) is 16.3. The van der Waals surface area contributed by atoms with E-state index < -0.39 is 29.3 Å². The van der Waals surface area contributed by atoms with Gasteiger partial charge in [0.1, 0.15) is 11.1 Å². The first kappa shape index (κ1) is 18.0. The molecule has 0 radical (unpaired) electrons. The van der Waals surface area contributed by atoms with Gasteiger partial charge in [-0.3, -0.25) is 4.90 Å². The summed E-state index contributed by atoms with van der Waals surface area (Å²) in [6.07, 6.45) is -0.413. The summed E-state index contributed by atoms with van der Waals surface area (Å²) in [5.41, 5.74) is -1.88. The lowest BCUT2D eigenvalue weighted by molar-refractivity contribution is -0.153. The summed E-state index contributed by atoms with van der Waals surface area (Å²) in [4.78, 5) is 25.9. The predicted octanol–water partition coefficient (Wildman–Crippen LogP) is 1.92. The summed E-state index contributed by atoms with van der Waals surface area (Å²) in [7, 11) is 1.27. The Balaban J connectivity index is 3.06. The molecule has 0 aliphatic carbocycles. The molecule has 0 bridgehead atoms. The SMILES string of the molecule is COC(=O)[C@@]1(CCCCl)C[C@@H](O)CN1C(=O)OC(C)(C)C. The molecule has 0 unspecified atom stereocenters. The van der Waals surface area contributed by atoms with Crippen molar-refractivity contribution in [2.45, 2.75) is 57.3 Å². The number of hydrogen-bond donors (Lipinski definition) is 1. The van der Waals surface area contributed by atoms with Crippen molar-refractivity contribution in [3.8, 4) is 0 Å². The minimum Gasteiger partial charge on any atom is -0.467 e. The molecule has 1 aliphatic heterocycles. The maximum absolute atomic E-state index is 12.4. The number of nitrogens with zero attached hydrogens (tertiary/aromatic N) is 1. The van der Waals surface area contributed by atoms with E-state index in [9.17, 15) is 14.7 Å². The molecule has 1 fully saturated rings. The van der Waals surface area contributed by atoms with Crippen molar-refractivity contribution in [3.05, 3.63) is 0 Å². The number of alkyl halides is 1. The van der Waals surface area contributed by atoms with Gasteiger partial charge in [-0.25, -0.2) is 9.59 Å². The molecule has 6 nitrogen and oxygen atoms in total. The van der Waals surface area contributed by atoms with Gasteiger partial charge in [-0.1, -0.05) is 0 Å².